The SMILES string of the molecule is CCCc1cc(NCc2ccncc2)ncn1. The highest BCUT2D eigenvalue weighted by atomic mass is 15.0. The van der Waals surface area contributed by atoms with Crippen LogP contribution >= 0.6 is 0 Å². The molecular weight excluding hydrogens is 212 g/mol. The fraction of sp³-hybridized carbons (Fsp3) is 0.308. The topological polar surface area (TPSA) is 50.7 Å². The van der Waals surface area contributed by atoms with Crippen molar-refractivity contribution in [2.24, 2.45) is 0 Å². The summed E-state index contributed by atoms with van der Waals surface area (Å²) in [5, 5.41) is 3.28. The van der Waals surface area contributed by atoms with E-state index in [0.29, 0.717) is 0 Å². The van der Waals surface area contributed by atoms with E-state index in [2.05, 4.69) is 27.2 Å². The minimum Gasteiger partial charge on any atom is -0.366 e. The number of pyridine rings is 1. The quantitative estimate of drug-likeness (QED) is 0.854. The van der Waals surface area contributed by atoms with E-state index in [1.807, 2.05) is 18.2 Å². The van der Waals surface area contributed by atoms with Gasteiger partial charge in [-0.15, -0.1) is 0 Å². The van der Waals surface area contributed by atoms with Crippen LogP contribution in [0.4, 0.5) is 5.82 Å². The van der Waals surface area contributed by atoms with Crippen LogP contribution in [0, 0.1) is 0 Å². The van der Waals surface area contributed by atoms with Gasteiger partial charge in [0.2, 0.25) is 0 Å². The minimum absolute atomic E-state index is 0.755. The lowest BCUT2D eigenvalue weighted by Crippen LogP contribution is -2.03. The number of aryl methyl sites for hydroxylation is 1. The van der Waals surface area contributed by atoms with Crippen molar-refractivity contribution >= 4 is 5.82 Å². The maximum atomic E-state index is 4.22. The van der Waals surface area contributed by atoms with Gasteiger partial charge in [0.25, 0.3) is 0 Å². The van der Waals surface area contributed by atoms with Crippen molar-refractivity contribution in [3.05, 3.63) is 48.2 Å². The predicted octanol–water partition coefficient (Wildman–Crippen LogP) is 2.44. The summed E-state index contributed by atoms with van der Waals surface area (Å²) < 4.78 is 0. The van der Waals surface area contributed by atoms with Gasteiger partial charge in [0.15, 0.2) is 0 Å². The molecule has 0 fully saturated rings. The van der Waals surface area contributed by atoms with Crippen LogP contribution in [0.15, 0.2) is 36.9 Å². The van der Waals surface area contributed by atoms with Gasteiger partial charge in [-0.25, -0.2) is 9.97 Å². The van der Waals surface area contributed by atoms with E-state index in [1.165, 1.54) is 5.56 Å². The van der Waals surface area contributed by atoms with E-state index < -0.39 is 0 Å². The van der Waals surface area contributed by atoms with Gasteiger partial charge in [0, 0.05) is 30.7 Å². The Morgan fingerprint density at radius 1 is 1.18 bits per heavy atom. The molecule has 0 aromatic carbocycles. The molecule has 0 unspecified atom stereocenters. The van der Waals surface area contributed by atoms with Gasteiger partial charge in [-0.2, -0.15) is 0 Å². The summed E-state index contributed by atoms with van der Waals surface area (Å²) in [5.41, 5.74) is 2.27. The first-order valence-corrected chi connectivity index (χ1v) is 5.82. The summed E-state index contributed by atoms with van der Waals surface area (Å²) in [7, 11) is 0. The fourth-order valence-electron chi connectivity index (χ4n) is 1.58. The van der Waals surface area contributed by atoms with E-state index in [1.54, 1.807) is 18.7 Å². The summed E-state index contributed by atoms with van der Waals surface area (Å²) >= 11 is 0. The van der Waals surface area contributed by atoms with Crippen molar-refractivity contribution in [3.63, 3.8) is 0 Å². The van der Waals surface area contributed by atoms with Crippen LogP contribution < -0.4 is 5.32 Å². The monoisotopic (exact) mass is 228 g/mol. The maximum absolute atomic E-state index is 4.22. The van der Waals surface area contributed by atoms with Gasteiger partial charge in [0.05, 0.1) is 0 Å². The molecule has 2 heterocycles. The van der Waals surface area contributed by atoms with Crippen LogP contribution in [0.2, 0.25) is 0 Å². The third kappa shape index (κ3) is 3.52. The van der Waals surface area contributed by atoms with Crippen molar-refractivity contribution < 1.29 is 0 Å². The molecule has 0 aliphatic rings. The fourth-order valence-corrected chi connectivity index (χ4v) is 1.58. The highest BCUT2D eigenvalue weighted by molar-refractivity contribution is 5.35. The van der Waals surface area contributed by atoms with Crippen molar-refractivity contribution in [2.45, 2.75) is 26.3 Å². The van der Waals surface area contributed by atoms with Crippen molar-refractivity contribution in [3.8, 4) is 0 Å². The Balaban J connectivity index is 1.97. The molecule has 0 saturated carbocycles. The zero-order valence-corrected chi connectivity index (χ0v) is 9.93. The average Bonchev–Trinajstić information content (AvgIpc) is 2.39. The van der Waals surface area contributed by atoms with Crippen LogP contribution in [0.1, 0.15) is 24.6 Å². The van der Waals surface area contributed by atoms with Crippen LogP contribution in [-0.4, -0.2) is 15.0 Å². The molecule has 1 N–H and O–H groups in total. The van der Waals surface area contributed by atoms with Crippen molar-refractivity contribution in [1.82, 2.24) is 15.0 Å². The number of anilines is 1. The Morgan fingerprint density at radius 2 is 2.00 bits per heavy atom. The first-order valence-electron chi connectivity index (χ1n) is 5.82. The molecular formula is C13H16N4. The average molecular weight is 228 g/mol. The van der Waals surface area contributed by atoms with Gasteiger partial charge in [-0.1, -0.05) is 13.3 Å². The number of nitrogens with one attached hydrogen (secondary N) is 1. The molecule has 88 valence electrons. The number of hydrogen-bond donors (Lipinski definition) is 1. The van der Waals surface area contributed by atoms with Gasteiger partial charge in [0.1, 0.15) is 12.1 Å². The number of rotatable bonds is 5. The lowest BCUT2D eigenvalue weighted by Gasteiger charge is -2.06. The predicted molar refractivity (Wildman–Crippen MR) is 67.6 cm³/mol. The minimum atomic E-state index is 0.755. The molecule has 0 aliphatic heterocycles. The van der Waals surface area contributed by atoms with Crippen LogP contribution in [0.5, 0.6) is 0 Å². The second-order valence-electron chi connectivity index (χ2n) is 3.85. The largest absolute Gasteiger partial charge is 0.366 e. The molecule has 0 aliphatic carbocycles. The van der Waals surface area contributed by atoms with E-state index in [4.69, 9.17) is 0 Å². The molecule has 0 spiro atoms. The standard InChI is InChI=1S/C13H16N4/c1-2-3-12-8-13(17-10-16-12)15-9-11-4-6-14-7-5-11/h4-8,10H,2-3,9H2,1H3,(H,15,16,17). The van der Waals surface area contributed by atoms with Crippen molar-refractivity contribution in [2.75, 3.05) is 5.32 Å². The highest BCUT2D eigenvalue weighted by Crippen LogP contribution is 2.07. The molecule has 4 heteroatoms. The number of aromatic nitrogens is 3. The molecule has 2 aromatic heterocycles. The van der Waals surface area contributed by atoms with E-state index in [0.717, 1.165) is 30.9 Å². The molecule has 17 heavy (non-hydrogen) atoms. The Bertz CT molecular complexity index is 456. The Kier molecular flexibility index (Phi) is 4.02. The van der Waals surface area contributed by atoms with E-state index >= 15 is 0 Å². The molecule has 2 rings (SSSR count). The molecule has 0 bridgehead atoms. The summed E-state index contributed by atoms with van der Waals surface area (Å²) in [6.45, 7) is 2.90. The smallest absolute Gasteiger partial charge is 0.129 e. The first-order chi connectivity index (χ1) is 8.38. The van der Waals surface area contributed by atoms with E-state index in [9.17, 15) is 0 Å². The Labute approximate surface area is 101 Å². The van der Waals surface area contributed by atoms with Gasteiger partial charge >= 0.3 is 0 Å². The lowest BCUT2D eigenvalue weighted by molar-refractivity contribution is 0.871. The molecule has 0 radical (unpaired) electrons. The molecule has 0 amide bonds. The summed E-state index contributed by atoms with van der Waals surface area (Å²) in [4.78, 5) is 12.4. The lowest BCUT2D eigenvalue weighted by atomic mass is 10.2. The van der Waals surface area contributed by atoms with Crippen LogP contribution in [0.25, 0.3) is 0 Å². The maximum Gasteiger partial charge on any atom is 0.129 e. The number of nitrogens with zero attached hydrogens (tertiary/aromatic N) is 3. The van der Waals surface area contributed by atoms with Gasteiger partial charge in [-0.05, 0) is 24.1 Å². The van der Waals surface area contributed by atoms with Gasteiger partial charge < -0.3 is 5.32 Å². The number of hydrogen-bond acceptors (Lipinski definition) is 4. The Morgan fingerprint density at radius 3 is 2.76 bits per heavy atom. The zero-order valence-electron chi connectivity index (χ0n) is 9.93. The summed E-state index contributed by atoms with van der Waals surface area (Å²) in [5.74, 6) is 0.875. The molecule has 0 atom stereocenters. The van der Waals surface area contributed by atoms with Crippen LogP contribution in [0.3, 0.4) is 0 Å². The summed E-state index contributed by atoms with van der Waals surface area (Å²) in [6.07, 6.45) is 7.28. The third-order valence-electron chi connectivity index (χ3n) is 2.45. The molecule has 2 aromatic rings. The highest BCUT2D eigenvalue weighted by Gasteiger charge is 1.98. The van der Waals surface area contributed by atoms with Gasteiger partial charge in [-0.3, -0.25) is 4.98 Å². The third-order valence-corrected chi connectivity index (χ3v) is 2.45. The first kappa shape index (κ1) is 11.5. The normalized spacial score (nSPS) is 10.2. The second kappa shape index (κ2) is 5.94. The zero-order chi connectivity index (χ0) is 11.9. The van der Waals surface area contributed by atoms with Crippen molar-refractivity contribution in [1.29, 1.82) is 0 Å². The molecule has 0 saturated heterocycles. The second-order valence-corrected chi connectivity index (χ2v) is 3.85. The Hall–Kier alpha value is -1.97. The van der Waals surface area contributed by atoms with Crippen LogP contribution in [-0.2, 0) is 13.0 Å². The van der Waals surface area contributed by atoms with E-state index in [-0.39, 0.29) is 0 Å². The summed E-state index contributed by atoms with van der Waals surface area (Å²) in [6, 6.07) is 5.98. The molecule has 4 nitrogen and oxygen atoms in total.